The van der Waals surface area contributed by atoms with Gasteiger partial charge in [-0.1, -0.05) is 0 Å². The number of hydrogen-bond donors (Lipinski definition) is 2. The van der Waals surface area contributed by atoms with E-state index in [2.05, 4.69) is 10.2 Å². The van der Waals surface area contributed by atoms with Gasteiger partial charge in [-0.15, -0.1) is 0 Å². The van der Waals surface area contributed by atoms with Crippen LogP contribution in [-0.2, 0) is 21.4 Å². The molecule has 2 aliphatic heterocycles. The average Bonchev–Trinajstić information content (AvgIpc) is 3.17. The number of ether oxygens (including phenoxy) is 1. The predicted octanol–water partition coefficient (Wildman–Crippen LogP) is -0.342. The predicted molar refractivity (Wildman–Crippen MR) is 79.4 cm³/mol. The Morgan fingerprint density at radius 3 is 2.86 bits per heavy atom. The summed E-state index contributed by atoms with van der Waals surface area (Å²) in [4.78, 5) is 0. The van der Waals surface area contributed by atoms with Crippen molar-refractivity contribution in [3.05, 3.63) is 17.5 Å². The summed E-state index contributed by atoms with van der Waals surface area (Å²) in [5.41, 5.74) is 1.56. The quantitative estimate of drug-likeness (QED) is 0.769. The molecule has 22 heavy (non-hydrogen) atoms. The van der Waals surface area contributed by atoms with Crippen LogP contribution < -0.4 is 0 Å². The molecular weight excluding hydrogens is 308 g/mol. The summed E-state index contributed by atoms with van der Waals surface area (Å²) in [6, 6.07) is 1.63. The number of nitrogens with one attached hydrogen (secondary N) is 1. The van der Waals surface area contributed by atoms with E-state index in [4.69, 9.17) is 9.84 Å². The molecule has 0 bridgehead atoms. The Morgan fingerprint density at radius 1 is 1.36 bits per heavy atom. The van der Waals surface area contributed by atoms with Crippen LogP contribution in [0.2, 0.25) is 0 Å². The minimum atomic E-state index is -3.48. The van der Waals surface area contributed by atoms with Crippen molar-refractivity contribution in [3.8, 4) is 0 Å². The molecule has 2 fully saturated rings. The molecule has 1 unspecified atom stereocenters. The zero-order valence-corrected chi connectivity index (χ0v) is 13.3. The first-order chi connectivity index (χ1) is 10.6. The second kappa shape index (κ2) is 6.63. The Morgan fingerprint density at radius 2 is 2.14 bits per heavy atom. The molecular formula is C13H22N4O4S. The van der Waals surface area contributed by atoms with Crippen LogP contribution in [0.1, 0.15) is 30.3 Å². The zero-order chi connectivity index (χ0) is 15.6. The lowest BCUT2D eigenvalue weighted by molar-refractivity contribution is 0.0698. The molecule has 3 heterocycles. The maximum Gasteiger partial charge on any atom is 0.282 e. The van der Waals surface area contributed by atoms with Crippen molar-refractivity contribution in [2.24, 2.45) is 0 Å². The standard InChI is InChI=1S/C13H22N4O4S/c18-7-3-11-10-12(15-14-11)13-2-1-4-17(13)22(19,20)16-5-8-21-9-6-16/h10,13,18H,1-9H2,(H,14,15). The molecule has 2 aliphatic rings. The summed E-state index contributed by atoms with van der Waals surface area (Å²) < 4.78 is 33.9. The lowest BCUT2D eigenvalue weighted by Gasteiger charge is -2.32. The first-order valence-electron chi connectivity index (χ1n) is 7.62. The Hall–Kier alpha value is -1.00. The van der Waals surface area contributed by atoms with Crippen molar-refractivity contribution in [1.29, 1.82) is 0 Å². The maximum absolute atomic E-state index is 12.8. The lowest BCUT2D eigenvalue weighted by Crippen LogP contribution is -2.48. The first-order valence-corrected chi connectivity index (χ1v) is 9.02. The van der Waals surface area contributed by atoms with Crippen molar-refractivity contribution < 1.29 is 18.3 Å². The Kier molecular flexibility index (Phi) is 4.79. The number of aromatic nitrogens is 2. The molecule has 9 heteroatoms. The van der Waals surface area contributed by atoms with E-state index in [1.54, 1.807) is 4.31 Å². The number of aliphatic hydroxyl groups excluding tert-OH is 1. The van der Waals surface area contributed by atoms with Crippen LogP contribution >= 0.6 is 0 Å². The van der Waals surface area contributed by atoms with Gasteiger partial charge >= 0.3 is 0 Å². The van der Waals surface area contributed by atoms with Crippen LogP contribution in [0.15, 0.2) is 6.07 Å². The van der Waals surface area contributed by atoms with Crippen molar-refractivity contribution in [2.75, 3.05) is 39.5 Å². The molecule has 0 aliphatic carbocycles. The third kappa shape index (κ3) is 3.04. The molecule has 0 saturated carbocycles. The summed E-state index contributed by atoms with van der Waals surface area (Å²) in [5, 5.41) is 16.1. The maximum atomic E-state index is 12.8. The fourth-order valence-corrected chi connectivity index (χ4v) is 4.84. The molecule has 8 nitrogen and oxygen atoms in total. The van der Waals surface area contributed by atoms with Crippen molar-refractivity contribution in [1.82, 2.24) is 18.8 Å². The number of H-pyrrole nitrogens is 1. The largest absolute Gasteiger partial charge is 0.396 e. The van der Waals surface area contributed by atoms with Gasteiger partial charge in [0.2, 0.25) is 0 Å². The van der Waals surface area contributed by atoms with E-state index in [1.807, 2.05) is 6.07 Å². The summed E-state index contributed by atoms with van der Waals surface area (Å²) in [6.45, 7) is 2.26. The van der Waals surface area contributed by atoms with Crippen molar-refractivity contribution in [3.63, 3.8) is 0 Å². The van der Waals surface area contributed by atoms with E-state index >= 15 is 0 Å². The van der Waals surface area contributed by atoms with Gasteiger partial charge < -0.3 is 9.84 Å². The van der Waals surface area contributed by atoms with Crippen LogP contribution in [0.4, 0.5) is 0 Å². The van der Waals surface area contributed by atoms with E-state index in [1.165, 1.54) is 4.31 Å². The molecule has 0 spiro atoms. The molecule has 3 rings (SSSR count). The van der Waals surface area contributed by atoms with Gasteiger partial charge in [0.05, 0.1) is 24.9 Å². The van der Waals surface area contributed by atoms with Gasteiger partial charge in [0.1, 0.15) is 0 Å². The molecule has 0 radical (unpaired) electrons. The number of morpholine rings is 1. The minimum Gasteiger partial charge on any atom is -0.396 e. The van der Waals surface area contributed by atoms with E-state index in [0.717, 1.165) is 24.2 Å². The Labute approximate surface area is 130 Å². The van der Waals surface area contributed by atoms with Gasteiger partial charge in [0, 0.05) is 38.4 Å². The SMILES string of the molecule is O=S(=O)(N1CCOCC1)N1CCCC1c1cc(CCO)[nH]n1. The smallest absolute Gasteiger partial charge is 0.282 e. The van der Waals surface area contributed by atoms with E-state index in [-0.39, 0.29) is 12.6 Å². The molecule has 2 saturated heterocycles. The summed E-state index contributed by atoms with van der Waals surface area (Å²) >= 11 is 0. The fraction of sp³-hybridized carbons (Fsp3) is 0.769. The molecule has 124 valence electrons. The van der Waals surface area contributed by atoms with Gasteiger partial charge in [0.15, 0.2) is 0 Å². The summed E-state index contributed by atoms with van der Waals surface area (Å²) in [5.74, 6) is 0. The second-order valence-electron chi connectivity index (χ2n) is 5.58. The van der Waals surface area contributed by atoms with E-state index in [9.17, 15) is 8.42 Å². The highest BCUT2D eigenvalue weighted by Gasteiger charge is 2.40. The van der Waals surface area contributed by atoms with Crippen LogP contribution in [0.5, 0.6) is 0 Å². The fourth-order valence-electron chi connectivity index (χ4n) is 3.04. The van der Waals surface area contributed by atoms with Crippen LogP contribution in [0.25, 0.3) is 0 Å². The highest BCUT2D eigenvalue weighted by Crippen LogP contribution is 2.34. The third-order valence-corrected chi connectivity index (χ3v) is 6.22. The summed E-state index contributed by atoms with van der Waals surface area (Å²) in [7, 11) is -3.48. The lowest BCUT2D eigenvalue weighted by atomic mass is 10.1. The highest BCUT2D eigenvalue weighted by atomic mass is 32.2. The Bertz CT molecular complexity index is 597. The number of hydrogen-bond acceptors (Lipinski definition) is 5. The second-order valence-corrected chi connectivity index (χ2v) is 7.46. The molecule has 0 amide bonds. The molecule has 0 aromatic carbocycles. The zero-order valence-electron chi connectivity index (χ0n) is 12.4. The highest BCUT2D eigenvalue weighted by molar-refractivity contribution is 7.86. The van der Waals surface area contributed by atoms with Gasteiger partial charge in [0.25, 0.3) is 10.2 Å². The van der Waals surface area contributed by atoms with Crippen molar-refractivity contribution >= 4 is 10.2 Å². The van der Waals surface area contributed by atoms with Crippen LogP contribution in [0, 0.1) is 0 Å². The van der Waals surface area contributed by atoms with Crippen molar-refractivity contribution in [2.45, 2.75) is 25.3 Å². The number of aliphatic hydroxyl groups is 1. The number of rotatable bonds is 5. The molecule has 1 aromatic rings. The first kappa shape index (κ1) is 15.9. The molecule has 2 N–H and O–H groups in total. The topological polar surface area (TPSA) is 98.8 Å². The van der Waals surface area contributed by atoms with Gasteiger partial charge in [-0.05, 0) is 18.9 Å². The van der Waals surface area contributed by atoms with Crippen LogP contribution in [0.3, 0.4) is 0 Å². The molecule has 1 atom stereocenters. The van der Waals surface area contributed by atoms with Gasteiger partial charge in [-0.25, -0.2) is 0 Å². The third-order valence-electron chi connectivity index (χ3n) is 4.17. The van der Waals surface area contributed by atoms with E-state index < -0.39 is 10.2 Å². The monoisotopic (exact) mass is 330 g/mol. The van der Waals surface area contributed by atoms with E-state index in [0.29, 0.717) is 39.3 Å². The number of nitrogens with zero attached hydrogens (tertiary/aromatic N) is 3. The molecule has 1 aromatic heterocycles. The van der Waals surface area contributed by atoms with Gasteiger partial charge in [-0.2, -0.15) is 22.1 Å². The normalized spacial score (nSPS) is 24.9. The van der Waals surface area contributed by atoms with Gasteiger partial charge in [-0.3, -0.25) is 5.10 Å². The van der Waals surface area contributed by atoms with Crippen LogP contribution in [-0.4, -0.2) is 71.8 Å². The Balaban J connectivity index is 1.79. The number of aromatic amines is 1. The minimum absolute atomic E-state index is 0.0437. The summed E-state index contributed by atoms with van der Waals surface area (Å²) in [6.07, 6.45) is 2.10. The average molecular weight is 330 g/mol.